The highest BCUT2D eigenvalue weighted by Gasteiger charge is 2.03. The minimum atomic E-state index is -0.373. The molecule has 1 aromatic rings. The number of nitrogens with zero attached hydrogens (tertiary/aromatic N) is 2. The number of halogens is 1. The molecular formula is C7H8FN2O+. The first-order valence-electron chi connectivity index (χ1n) is 3.06. The molecule has 0 radical (unpaired) electrons. The number of aryl methyl sites for hydroxylation is 1. The van der Waals surface area contributed by atoms with Crippen molar-refractivity contribution in [3.05, 3.63) is 29.8 Å². The second kappa shape index (κ2) is 3.09. The van der Waals surface area contributed by atoms with Crippen LogP contribution in [0.15, 0.2) is 23.5 Å². The quantitative estimate of drug-likeness (QED) is 0.206. The van der Waals surface area contributed by atoms with Gasteiger partial charge in [-0.05, 0) is 0 Å². The van der Waals surface area contributed by atoms with Gasteiger partial charge in [-0.1, -0.05) is 5.16 Å². The lowest BCUT2D eigenvalue weighted by molar-refractivity contribution is -0.700. The molecule has 58 valence electrons. The van der Waals surface area contributed by atoms with E-state index < -0.39 is 0 Å². The van der Waals surface area contributed by atoms with E-state index in [9.17, 15) is 4.39 Å². The molecule has 0 bridgehead atoms. The number of hydrogen-bond donors (Lipinski definition) is 1. The molecule has 0 saturated carbocycles. The van der Waals surface area contributed by atoms with Gasteiger partial charge in [0.15, 0.2) is 6.20 Å². The van der Waals surface area contributed by atoms with Gasteiger partial charge < -0.3 is 5.21 Å². The highest BCUT2D eigenvalue weighted by molar-refractivity contribution is 5.78. The molecule has 11 heavy (non-hydrogen) atoms. The van der Waals surface area contributed by atoms with Crippen LogP contribution in [0.5, 0.6) is 0 Å². The first kappa shape index (κ1) is 7.65. The van der Waals surface area contributed by atoms with Gasteiger partial charge in [-0.25, -0.2) is 0 Å². The number of rotatable bonds is 1. The fourth-order valence-corrected chi connectivity index (χ4v) is 0.704. The van der Waals surface area contributed by atoms with E-state index >= 15 is 0 Å². The van der Waals surface area contributed by atoms with Gasteiger partial charge in [0.05, 0.1) is 12.3 Å². The number of oxime groups is 1. The fourth-order valence-electron chi connectivity index (χ4n) is 0.704. The molecule has 1 aromatic heterocycles. The lowest BCUT2D eigenvalue weighted by atomic mass is 10.3. The van der Waals surface area contributed by atoms with Gasteiger partial charge in [0.1, 0.15) is 7.05 Å². The maximum atomic E-state index is 12.7. The SMILES string of the molecule is C[n+]1ccc(C=NO)cc1F. The van der Waals surface area contributed by atoms with Gasteiger partial charge in [-0.2, -0.15) is 4.57 Å². The van der Waals surface area contributed by atoms with Crippen molar-refractivity contribution in [2.45, 2.75) is 0 Å². The maximum absolute atomic E-state index is 12.7. The summed E-state index contributed by atoms with van der Waals surface area (Å²) in [6.07, 6.45) is 2.72. The minimum absolute atomic E-state index is 0.373. The van der Waals surface area contributed by atoms with E-state index in [0.717, 1.165) is 0 Å². The second-order valence-electron chi connectivity index (χ2n) is 2.14. The van der Waals surface area contributed by atoms with Crippen LogP contribution in [-0.4, -0.2) is 11.4 Å². The van der Waals surface area contributed by atoms with Crippen LogP contribution in [0.2, 0.25) is 0 Å². The topological polar surface area (TPSA) is 36.5 Å². The smallest absolute Gasteiger partial charge is 0.359 e. The summed E-state index contributed by atoms with van der Waals surface area (Å²) in [5.74, 6) is -0.373. The van der Waals surface area contributed by atoms with Gasteiger partial charge in [0.2, 0.25) is 0 Å². The highest BCUT2D eigenvalue weighted by Crippen LogP contribution is 1.94. The van der Waals surface area contributed by atoms with Crippen molar-refractivity contribution in [1.29, 1.82) is 0 Å². The number of aromatic nitrogens is 1. The first-order chi connectivity index (χ1) is 5.24. The van der Waals surface area contributed by atoms with Gasteiger partial charge in [-0.15, -0.1) is 4.39 Å². The molecule has 4 heteroatoms. The zero-order valence-corrected chi connectivity index (χ0v) is 6.03. The Morgan fingerprint density at radius 1 is 1.73 bits per heavy atom. The summed E-state index contributed by atoms with van der Waals surface area (Å²) >= 11 is 0. The second-order valence-corrected chi connectivity index (χ2v) is 2.14. The molecule has 0 aliphatic heterocycles. The molecule has 0 fully saturated rings. The molecule has 0 saturated heterocycles. The summed E-state index contributed by atoms with van der Waals surface area (Å²) in [5, 5.41) is 10.9. The fraction of sp³-hybridized carbons (Fsp3) is 0.143. The Kier molecular flexibility index (Phi) is 2.15. The molecule has 1 N–H and O–H groups in total. The van der Waals surface area contributed by atoms with Crippen molar-refractivity contribution in [3.8, 4) is 0 Å². The molecule has 3 nitrogen and oxygen atoms in total. The van der Waals surface area contributed by atoms with E-state index in [1.165, 1.54) is 16.8 Å². The summed E-state index contributed by atoms with van der Waals surface area (Å²) in [6, 6.07) is 2.92. The Bertz CT molecular complexity index is 286. The minimum Gasteiger partial charge on any atom is -0.411 e. The highest BCUT2D eigenvalue weighted by atomic mass is 19.1. The van der Waals surface area contributed by atoms with Crippen LogP contribution >= 0.6 is 0 Å². The molecule has 0 amide bonds. The van der Waals surface area contributed by atoms with Crippen LogP contribution in [-0.2, 0) is 7.05 Å². The zero-order valence-electron chi connectivity index (χ0n) is 6.03. The average molecular weight is 155 g/mol. The Morgan fingerprint density at radius 2 is 2.45 bits per heavy atom. The van der Waals surface area contributed by atoms with E-state index in [2.05, 4.69) is 5.16 Å². The van der Waals surface area contributed by atoms with Crippen molar-refractivity contribution >= 4 is 6.21 Å². The molecule has 0 aromatic carbocycles. The summed E-state index contributed by atoms with van der Waals surface area (Å²) in [4.78, 5) is 0. The van der Waals surface area contributed by atoms with Gasteiger partial charge in [-0.3, -0.25) is 0 Å². The Hall–Kier alpha value is -1.45. The van der Waals surface area contributed by atoms with Crippen molar-refractivity contribution in [2.75, 3.05) is 0 Å². The molecule has 0 aliphatic rings. The molecule has 0 aliphatic carbocycles. The van der Waals surface area contributed by atoms with Crippen molar-refractivity contribution < 1.29 is 14.2 Å². The Labute approximate surface area is 63.4 Å². The summed E-state index contributed by atoms with van der Waals surface area (Å²) < 4.78 is 14.1. The largest absolute Gasteiger partial charge is 0.411 e. The summed E-state index contributed by atoms with van der Waals surface area (Å²) in [7, 11) is 1.59. The van der Waals surface area contributed by atoms with E-state index in [-0.39, 0.29) is 5.95 Å². The lowest BCUT2D eigenvalue weighted by Gasteiger charge is -1.90. The first-order valence-corrected chi connectivity index (χ1v) is 3.06. The molecule has 0 spiro atoms. The van der Waals surface area contributed by atoms with Crippen LogP contribution in [0.25, 0.3) is 0 Å². The van der Waals surface area contributed by atoms with Crippen LogP contribution in [0.1, 0.15) is 5.56 Å². The maximum Gasteiger partial charge on any atom is 0.359 e. The van der Waals surface area contributed by atoms with Crippen molar-refractivity contribution in [1.82, 2.24) is 0 Å². The van der Waals surface area contributed by atoms with E-state index in [1.54, 1.807) is 19.3 Å². The van der Waals surface area contributed by atoms with Crippen LogP contribution in [0.3, 0.4) is 0 Å². The third-order valence-electron chi connectivity index (χ3n) is 1.32. The van der Waals surface area contributed by atoms with Crippen molar-refractivity contribution in [2.24, 2.45) is 12.2 Å². The van der Waals surface area contributed by atoms with Crippen LogP contribution < -0.4 is 4.57 Å². The predicted octanol–water partition coefficient (Wildman–Crippen LogP) is 0.458. The molecule has 1 rings (SSSR count). The van der Waals surface area contributed by atoms with E-state index in [1.807, 2.05) is 0 Å². The predicted molar refractivity (Wildman–Crippen MR) is 37.0 cm³/mol. The molecule has 0 atom stereocenters. The van der Waals surface area contributed by atoms with Gasteiger partial charge >= 0.3 is 5.95 Å². The van der Waals surface area contributed by atoms with Crippen LogP contribution in [0, 0.1) is 5.95 Å². The third-order valence-corrected chi connectivity index (χ3v) is 1.32. The molecule has 1 heterocycles. The van der Waals surface area contributed by atoms with Gasteiger partial charge in [0.25, 0.3) is 0 Å². The standard InChI is InChI=1S/C7H7FN2O/c1-10-3-2-6(5-9-11)4-7(10)8/h2-5H,1H3/p+1. The lowest BCUT2D eigenvalue weighted by Crippen LogP contribution is -2.32. The zero-order chi connectivity index (χ0) is 8.27. The Morgan fingerprint density at radius 3 is 3.00 bits per heavy atom. The van der Waals surface area contributed by atoms with Gasteiger partial charge in [0, 0.05) is 11.6 Å². The molecule has 0 unspecified atom stereocenters. The third kappa shape index (κ3) is 1.73. The van der Waals surface area contributed by atoms with E-state index in [0.29, 0.717) is 5.56 Å². The molecular weight excluding hydrogens is 147 g/mol. The monoisotopic (exact) mass is 155 g/mol. The van der Waals surface area contributed by atoms with Crippen molar-refractivity contribution in [3.63, 3.8) is 0 Å². The normalized spacial score (nSPS) is 10.7. The Balaban J connectivity index is 3.05. The summed E-state index contributed by atoms with van der Waals surface area (Å²) in [5.41, 5.74) is 0.531. The van der Waals surface area contributed by atoms with E-state index in [4.69, 9.17) is 5.21 Å². The number of hydrogen-bond acceptors (Lipinski definition) is 2. The summed E-state index contributed by atoms with van der Waals surface area (Å²) in [6.45, 7) is 0. The van der Waals surface area contributed by atoms with Crippen LogP contribution in [0.4, 0.5) is 4.39 Å². The average Bonchev–Trinajstić information content (AvgIpc) is 1.98. The number of pyridine rings is 1.